The Labute approximate surface area is 177 Å². The number of hydrogen-bond acceptors (Lipinski definition) is 3. The normalized spacial score (nSPS) is 10.3. The molecule has 0 fully saturated rings. The van der Waals surface area contributed by atoms with Crippen LogP contribution in [0.5, 0.6) is 0 Å². The zero-order valence-corrected chi connectivity index (χ0v) is 17.2. The van der Waals surface area contributed by atoms with Crippen LogP contribution in [0.4, 0.5) is 23.0 Å². The van der Waals surface area contributed by atoms with E-state index >= 15 is 0 Å². The first-order valence-electron chi connectivity index (χ1n) is 9.35. The minimum Gasteiger partial charge on any atom is -1.00 e. The van der Waals surface area contributed by atoms with Crippen LogP contribution in [0.1, 0.15) is 11.1 Å². The Balaban J connectivity index is 0.00000240. The summed E-state index contributed by atoms with van der Waals surface area (Å²) in [6.07, 6.45) is 3.42. The number of nitrogens with zero attached hydrogens (tertiary/aromatic N) is 2. The monoisotopic (exact) mass is 402 g/mol. The van der Waals surface area contributed by atoms with Crippen LogP contribution in [0.2, 0.25) is 0 Å². The van der Waals surface area contributed by atoms with Crippen LogP contribution in [-0.4, -0.2) is 9.97 Å². The van der Waals surface area contributed by atoms with Gasteiger partial charge in [0.1, 0.15) is 5.69 Å². The Morgan fingerprint density at radius 1 is 0.759 bits per heavy atom. The third-order valence-electron chi connectivity index (χ3n) is 4.72. The summed E-state index contributed by atoms with van der Waals surface area (Å²) in [6, 6.07) is 25.0. The smallest absolute Gasteiger partial charge is 0.273 e. The summed E-state index contributed by atoms with van der Waals surface area (Å²) in [5.41, 5.74) is 7.15. The van der Waals surface area contributed by atoms with E-state index in [1.165, 1.54) is 22.3 Å². The van der Waals surface area contributed by atoms with Gasteiger partial charge in [-0.15, -0.1) is 0 Å². The lowest BCUT2D eigenvalue weighted by Gasteiger charge is -2.11. The largest absolute Gasteiger partial charge is 1.00 e. The molecule has 146 valence electrons. The lowest BCUT2D eigenvalue weighted by Crippen LogP contribution is -3.00. The van der Waals surface area contributed by atoms with Gasteiger partial charge in [0, 0.05) is 18.0 Å². The van der Waals surface area contributed by atoms with E-state index < -0.39 is 0 Å². The number of nitrogens with two attached hydrogens (primary N) is 1. The Bertz CT molecular complexity index is 1080. The number of rotatable bonds is 5. The summed E-state index contributed by atoms with van der Waals surface area (Å²) in [4.78, 5) is 9.00. The van der Waals surface area contributed by atoms with E-state index in [4.69, 9.17) is 0 Å². The number of benzene rings is 3. The zero-order chi connectivity index (χ0) is 19.3. The second kappa shape index (κ2) is 9.32. The van der Waals surface area contributed by atoms with Crippen LogP contribution in [0.25, 0.3) is 11.1 Å². The number of aromatic nitrogens is 2. The maximum absolute atomic E-state index is 4.53. The fraction of sp³-hybridized carbons (Fsp3) is 0.0833. The van der Waals surface area contributed by atoms with Gasteiger partial charge in [-0.3, -0.25) is 5.32 Å². The van der Waals surface area contributed by atoms with Gasteiger partial charge in [0.15, 0.2) is 0 Å². The summed E-state index contributed by atoms with van der Waals surface area (Å²) < 4.78 is 0. The van der Waals surface area contributed by atoms with Gasteiger partial charge >= 0.3 is 0 Å². The van der Waals surface area contributed by atoms with Gasteiger partial charge in [0.25, 0.3) is 5.82 Å². The average Bonchev–Trinajstić information content (AvgIpc) is 2.71. The molecule has 0 atom stereocenters. The second-order valence-corrected chi connectivity index (χ2v) is 6.82. The van der Waals surface area contributed by atoms with Gasteiger partial charge in [-0.05, 0) is 54.3 Å². The number of aryl methyl sites for hydroxylation is 2. The van der Waals surface area contributed by atoms with Crippen LogP contribution < -0.4 is 23.0 Å². The van der Waals surface area contributed by atoms with E-state index in [2.05, 4.69) is 76.9 Å². The zero-order valence-electron chi connectivity index (χ0n) is 16.4. The minimum atomic E-state index is 0. The number of quaternary nitrogens is 1. The molecule has 4 rings (SSSR count). The predicted molar refractivity (Wildman–Crippen MR) is 114 cm³/mol. The number of para-hydroxylation sites is 1. The van der Waals surface area contributed by atoms with Gasteiger partial charge in [-0.2, -0.15) is 4.98 Å². The topological polar surface area (TPSA) is 54.4 Å². The molecule has 1 heterocycles. The van der Waals surface area contributed by atoms with E-state index in [1.54, 1.807) is 12.4 Å². The molecule has 0 aliphatic carbocycles. The van der Waals surface area contributed by atoms with Crippen molar-refractivity contribution >= 4 is 23.0 Å². The van der Waals surface area contributed by atoms with Crippen molar-refractivity contribution in [3.05, 3.63) is 96.3 Å². The van der Waals surface area contributed by atoms with Crippen molar-refractivity contribution in [3.63, 3.8) is 0 Å². The Morgan fingerprint density at radius 2 is 1.45 bits per heavy atom. The van der Waals surface area contributed by atoms with Crippen LogP contribution in [0.3, 0.4) is 0 Å². The number of halogens is 1. The highest BCUT2D eigenvalue weighted by Crippen LogP contribution is 2.28. The van der Waals surface area contributed by atoms with Gasteiger partial charge in [-0.1, -0.05) is 48.5 Å². The molecule has 29 heavy (non-hydrogen) atoms. The number of anilines is 2. The van der Waals surface area contributed by atoms with Crippen molar-refractivity contribution in [1.82, 2.24) is 9.97 Å². The molecule has 0 unspecified atom stereocenters. The predicted octanol–water partition coefficient (Wildman–Crippen LogP) is 2.03. The molecule has 0 saturated carbocycles. The molecule has 0 amide bonds. The maximum Gasteiger partial charge on any atom is 0.273 e. The first-order valence-corrected chi connectivity index (χ1v) is 9.35. The van der Waals surface area contributed by atoms with Gasteiger partial charge < -0.3 is 17.7 Å². The molecule has 5 heteroatoms. The molecule has 4 nitrogen and oxygen atoms in total. The fourth-order valence-electron chi connectivity index (χ4n) is 3.42. The van der Waals surface area contributed by atoms with E-state index in [9.17, 15) is 0 Å². The molecule has 4 aromatic rings. The number of hydrogen-bond donors (Lipinski definition) is 2. The van der Waals surface area contributed by atoms with Crippen molar-refractivity contribution < 1.29 is 17.7 Å². The standard InChI is InChI=1S/C24H22N4.ClH/c1-17-8-6-9-18(2)22(17)19-10-7-13-21(16-19)28-24-23(25-14-15-26-24)27-20-11-4-3-5-12-20;/h3-16H,1-2H3,(H,25,27)(H,26,28);1H. The molecule has 1 aromatic heterocycles. The molecule has 0 spiro atoms. The molecule has 3 N–H and O–H groups in total. The van der Waals surface area contributed by atoms with E-state index in [1.807, 2.05) is 30.3 Å². The molecule has 0 aliphatic heterocycles. The molecular formula is C24H23ClN4. The molecular weight excluding hydrogens is 380 g/mol. The highest BCUT2D eigenvalue weighted by molar-refractivity contribution is 5.72. The second-order valence-electron chi connectivity index (χ2n) is 6.82. The lowest BCUT2D eigenvalue weighted by molar-refractivity contribution is -0.482. The highest BCUT2D eigenvalue weighted by Gasteiger charge is 2.13. The van der Waals surface area contributed by atoms with Gasteiger partial charge in [0.05, 0.1) is 6.20 Å². The fourth-order valence-corrected chi connectivity index (χ4v) is 3.42. The van der Waals surface area contributed by atoms with Crippen molar-refractivity contribution in [3.8, 4) is 11.1 Å². The summed E-state index contributed by atoms with van der Waals surface area (Å²) in [6.45, 7) is 4.31. The highest BCUT2D eigenvalue weighted by atomic mass is 35.5. The van der Waals surface area contributed by atoms with Gasteiger partial charge in [-0.25, -0.2) is 4.98 Å². The van der Waals surface area contributed by atoms with Crippen molar-refractivity contribution in [2.24, 2.45) is 0 Å². The molecule has 3 aromatic carbocycles. The summed E-state index contributed by atoms with van der Waals surface area (Å²) in [7, 11) is 0. The molecule has 0 aliphatic rings. The van der Waals surface area contributed by atoms with Crippen LogP contribution in [-0.2, 0) is 0 Å². The van der Waals surface area contributed by atoms with Crippen LogP contribution in [0.15, 0.2) is 85.2 Å². The first kappa shape index (κ1) is 20.5. The quantitative estimate of drug-likeness (QED) is 0.502. The molecule has 0 saturated heterocycles. The summed E-state index contributed by atoms with van der Waals surface area (Å²) in [5.74, 6) is 1.55. The first-order chi connectivity index (χ1) is 13.7. The van der Waals surface area contributed by atoms with Crippen molar-refractivity contribution in [1.29, 1.82) is 0 Å². The van der Waals surface area contributed by atoms with Crippen LogP contribution >= 0.6 is 0 Å². The lowest BCUT2D eigenvalue weighted by atomic mass is 9.95. The minimum absolute atomic E-state index is 0. The van der Waals surface area contributed by atoms with Gasteiger partial charge in [0.2, 0.25) is 5.82 Å². The SMILES string of the molecule is Cc1cccc(C)c1-c1cccc([NH2+]c2nccnc2Nc2ccccc2)c1.[Cl-]. The van der Waals surface area contributed by atoms with Crippen molar-refractivity contribution in [2.45, 2.75) is 13.8 Å². The van der Waals surface area contributed by atoms with E-state index in [0.717, 1.165) is 23.0 Å². The Morgan fingerprint density at radius 3 is 2.21 bits per heavy atom. The average molecular weight is 403 g/mol. The van der Waals surface area contributed by atoms with Crippen molar-refractivity contribution in [2.75, 3.05) is 5.32 Å². The molecule has 0 bridgehead atoms. The summed E-state index contributed by atoms with van der Waals surface area (Å²) >= 11 is 0. The Hall–Kier alpha value is -3.21. The van der Waals surface area contributed by atoms with E-state index in [-0.39, 0.29) is 12.4 Å². The summed E-state index contributed by atoms with van der Waals surface area (Å²) in [5, 5.41) is 5.42. The third-order valence-corrected chi connectivity index (χ3v) is 4.72. The van der Waals surface area contributed by atoms with E-state index in [0.29, 0.717) is 0 Å². The Kier molecular flexibility index (Phi) is 6.60. The van der Waals surface area contributed by atoms with Crippen LogP contribution in [0, 0.1) is 13.8 Å². The number of nitrogens with one attached hydrogen (secondary N) is 1. The maximum atomic E-state index is 4.53. The third kappa shape index (κ3) is 4.80. The molecule has 0 radical (unpaired) electrons.